The largest absolute Gasteiger partial charge is 0.309 e. The van der Waals surface area contributed by atoms with Gasteiger partial charge in [-0.05, 0) is 48.5 Å². The summed E-state index contributed by atoms with van der Waals surface area (Å²) in [7, 11) is 0. The van der Waals surface area contributed by atoms with Crippen LogP contribution in [0.25, 0.3) is 89.2 Å². The Morgan fingerprint density at radius 3 is 1.48 bits per heavy atom. The van der Waals surface area contributed by atoms with Crippen molar-refractivity contribution in [1.29, 1.82) is 0 Å². The Labute approximate surface area is 288 Å². The van der Waals surface area contributed by atoms with Gasteiger partial charge < -0.3 is 9.13 Å². The number of rotatable bonds is 5. The summed E-state index contributed by atoms with van der Waals surface area (Å²) in [6.07, 6.45) is 0. The maximum absolute atomic E-state index is 5.14. The zero-order chi connectivity index (χ0) is 33.0. The van der Waals surface area contributed by atoms with Crippen LogP contribution in [0.3, 0.4) is 0 Å². The Balaban J connectivity index is 1.27. The molecule has 0 saturated carbocycles. The minimum Gasteiger partial charge on any atom is -0.309 e. The smallest absolute Gasteiger partial charge is 0.166 e. The molecule has 0 atom stereocenters. The molecule has 50 heavy (non-hydrogen) atoms. The molecule has 0 saturated heterocycles. The Morgan fingerprint density at radius 1 is 0.320 bits per heavy atom. The molecule has 0 spiro atoms. The Bertz CT molecular complexity index is 2800. The fourth-order valence-electron chi connectivity index (χ4n) is 7.35. The van der Waals surface area contributed by atoms with Crippen LogP contribution in [0.4, 0.5) is 0 Å². The molecule has 0 amide bonds. The van der Waals surface area contributed by atoms with Crippen molar-refractivity contribution in [1.82, 2.24) is 24.1 Å². The second kappa shape index (κ2) is 11.4. The van der Waals surface area contributed by atoms with Crippen molar-refractivity contribution in [2.45, 2.75) is 0 Å². The highest BCUT2D eigenvalue weighted by Gasteiger charge is 2.21. The highest BCUT2D eigenvalue weighted by atomic mass is 15.1. The van der Waals surface area contributed by atoms with Crippen LogP contribution >= 0.6 is 0 Å². The quantitative estimate of drug-likeness (QED) is 0.188. The van der Waals surface area contributed by atoms with E-state index in [2.05, 4.69) is 124 Å². The van der Waals surface area contributed by atoms with E-state index in [1.54, 1.807) is 0 Å². The van der Waals surface area contributed by atoms with Crippen molar-refractivity contribution in [2.75, 3.05) is 0 Å². The number of hydrogen-bond donors (Lipinski definition) is 0. The number of hydrogen-bond acceptors (Lipinski definition) is 3. The van der Waals surface area contributed by atoms with Gasteiger partial charge in [0, 0.05) is 49.6 Å². The summed E-state index contributed by atoms with van der Waals surface area (Å²) in [6.45, 7) is 0. The molecule has 0 aliphatic heterocycles. The van der Waals surface area contributed by atoms with E-state index < -0.39 is 0 Å². The van der Waals surface area contributed by atoms with Crippen LogP contribution in [-0.2, 0) is 0 Å². The summed E-state index contributed by atoms with van der Waals surface area (Å²) >= 11 is 0. The van der Waals surface area contributed by atoms with Crippen molar-refractivity contribution < 1.29 is 0 Å². The average Bonchev–Trinajstić information content (AvgIpc) is 3.71. The lowest BCUT2D eigenvalue weighted by atomic mass is 10.1. The van der Waals surface area contributed by atoms with Crippen molar-refractivity contribution in [3.05, 3.63) is 176 Å². The summed E-state index contributed by atoms with van der Waals surface area (Å²) in [5.74, 6) is 1.92. The number of benzene rings is 7. The fourth-order valence-corrected chi connectivity index (χ4v) is 7.35. The van der Waals surface area contributed by atoms with E-state index in [1.807, 2.05) is 60.7 Å². The van der Waals surface area contributed by atoms with Gasteiger partial charge in [-0.25, -0.2) is 15.0 Å². The topological polar surface area (TPSA) is 48.5 Å². The third-order valence-corrected chi connectivity index (χ3v) is 9.56. The highest BCUT2D eigenvalue weighted by Crippen LogP contribution is 2.40. The lowest BCUT2D eigenvalue weighted by Gasteiger charge is -2.13. The molecule has 0 aliphatic carbocycles. The van der Waals surface area contributed by atoms with Crippen LogP contribution < -0.4 is 0 Å². The van der Waals surface area contributed by atoms with Gasteiger partial charge in [-0.2, -0.15) is 0 Å². The first kappa shape index (κ1) is 28.2. The predicted molar refractivity (Wildman–Crippen MR) is 205 cm³/mol. The summed E-state index contributed by atoms with van der Waals surface area (Å²) in [6, 6.07) is 61.4. The molecule has 10 aromatic rings. The summed E-state index contributed by atoms with van der Waals surface area (Å²) in [5.41, 5.74) is 9.59. The number of para-hydroxylation sites is 4. The molecule has 7 aromatic carbocycles. The number of nitrogens with zero attached hydrogens (tertiary/aromatic N) is 5. The average molecular weight is 640 g/mol. The van der Waals surface area contributed by atoms with Crippen LogP contribution in [0.5, 0.6) is 0 Å². The van der Waals surface area contributed by atoms with Gasteiger partial charge in [0.15, 0.2) is 17.5 Å². The third kappa shape index (κ3) is 4.45. The standard InChI is InChI=1S/C45H29N5/c1-4-15-30(16-5-1)43-46-44(31-17-6-2-7-18-31)48-45(47-43)37-24-14-23-36-34-21-10-13-26-40(34)50(42(36)37)33-27-28-41-38(29-33)35-22-11-12-25-39(35)49(41)32-19-8-3-9-20-32/h1-29H. The fraction of sp³-hybridized carbons (Fsp3) is 0. The van der Waals surface area contributed by atoms with E-state index in [4.69, 9.17) is 15.0 Å². The van der Waals surface area contributed by atoms with Crippen molar-refractivity contribution in [3.8, 4) is 45.5 Å². The highest BCUT2D eigenvalue weighted by molar-refractivity contribution is 6.14. The molecule has 10 rings (SSSR count). The predicted octanol–water partition coefficient (Wildman–Crippen LogP) is 11.1. The SMILES string of the molecule is c1ccc(-c2nc(-c3ccccc3)nc(-c3cccc4c5ccccc5n(-c5ccc6c(c5)c5ccccc5n6-c5ccccc5)c34)n2)cc1. The molecular weight excluding hydrogens is 611 g/mol. The van der Waals surface area contributed by atoms with Gasteiger partial charge in [0.1, 0.15) is 0 Å². The molecular formula is C45H29N5. The maximum Gasteiger partial charge on any atom is 0.166 e. The normalized spacial score (nSPS) is 11.6. The van der Waals surface area contributed by atoms with E-state index in [1.165, 1.54) is 27.2 Å². The number of aromatic nitrogens is 5. The number of fused-ring (bicyclic) bond motifs is 6. The van der Waals surface area contributed by atoms with E-state index in [0.29, 0.717) is 17.5 Å². The lowest BCUT2D eigenvalue weighted by molar-refractivity contribution is 1.07. The lowest BCUT2D eigenvalue weighted by Crippen LogP contribution is -2.02. The van der Waals surface area contributed by atoms with E-state index in [9.17, 15) is 0 Å². The Kier molecular flexibility index (Phi) is 6.42. The molecule has 0 bridgehead atoms. The molecule has 5 nitrogen and oxygen atoms in total. The van der Waals surface area contributed by atoms with Crippen molar-refractivity contribution in [2.24, 2.45) is 0 Å². The molecule has 5 heteroatoms. The monoisotopic (exact) mass is 639 g/mol. The van der Waals surface area contributed by atoms with Crippen molar-refractivity contribution >= 4 is 43.6 Å². The van der Waals surface area contributed by atoms with Gasteiger partial charge in [0.05, 0.1) is 22.1 Å². The zero-order valence-corrected chi connectivity index (χ0v) is 27.0. The second-order valence-electron chi connectivity index (χ2n) is 12.5. The third-order valence-electron chi connectivity index (χ3n) is 9.56. The van der Waals surface area contributed by atoms with E-state index in [-0.39, 0.29) is 0 Å². The first-order valence-electron chi connectivity index (χ1n) is 16.8. The first-order chi connectivity index (χ1) is 24.8. The van der Waals surface area contributed by atoms with Gasteiger partial charge in [0.25, 0.3) is 0 Å². The minimum atomic E-state index is 0.633. The molecule has 0 aliphatic rings. The summed E-state index contributed by atoms with van der Waals surface area (Å²) < 4.78 is 4.73. The van der Waals surface area contributed by atoms with Crippen LogP contribution in [0.1, 0.15) is 0 Å². The van der Waals surface area contributed by atoms with Crippen LogP contribution in [0.15, 0.2) is 176 Å². The summed E-state index contributed by atoms with van der Waals surface area (Å²) in [5, 5.41) is 4.74. The van der Waals surface area contributed by atoms with E-state index >= 15 is 0 Å². The molecule has 3 aromatic heterocycles. The maximum atomic E-state index is 5.14. The van der Waals surface area contributed by atoms with Gasteiger partial charge >= 0.3 is 0 Å². The minimum absolute atomic E-state index is 0.633. The second-order valence-corrected chi connectivity index (χ2v) is 12.5. The first-order valence-corrected chi connectivity index (χ1v) is 16.8. The molecule has 0 N–H and O–H groups in total. The Morgan fingerprint density at radius 2 is 0.820 bits per heavy atom. The van der Waals surface area contributed by atoms with Gasteiger partial charge in [0.2, 0.25) is 0 Å². The van der Waals surface area contributed by atoms with Crippen LogP contribution in [0, 0.1) is 0 Å². The molecule has 0 fully saturated rings. The van der Waals surface area contributed by atoms with Crippen LogP contribution in [-0.4, -0.2) is 24.1 Å². The van der Waals surface area contributed by atoms with Gasteiger partial charge in [-0.3, -0.25) is 0 Å². The zero-order valence-electron chi connectivity index (χ0n) is 27.0. The Hall–Kier alpha value is -6.85. The van der Waals surface area contributed by atoms with Gasteiger partial charge in [-0.1, -0.05) is 127 Å². The molecule has 0 unspecified atom stereocenters. The summed E-state index contributed by atoms with van der Waals surface area (Å²) in [4.78, 5) is 15.2. The van der Waals surface area contributed by atoms with E-state index in [0.717, 1.165) is 44.5 Å². The molecule has 234 valence electrons. The molecule has 0 radical (unpaired) electrons. The van der Waals surface area contributed by atoms with Crippen LogP contribution in [0.2, 0.25) is 0 Å². The van der Waals surface area contributed by atoms with Crippen molar-refractivity contribution in [3.63, 3.8) is 0 Å². The van der Waals surface area contributed by atoms with Gasteiger partial charge in [-0.15, -0.1) is 0 Å². The molecule has 3 heterocycles.